The molecule has 0 unspecified atom stereocenters. The lowest BCUT2D eigenvalue weighted by atomic mass is 9.79. The van der Waals surface area contributed by atoms with Crippen molar-refractivity contribution in [3.05, 3.63) is 35.4 Å². The lowest BCUT2D eigenvalue weighted by Crippen LogP contribution is -2.51. The summed E-state index contributed by atoms with van der Waals surface area (Å²) in [6, 6.07) is 7.67. The van der Waals surface area contributed by atoms with Crippen LogP contribution >= 0.6 is 0 Å². The fraction of sp³-hybridized carbons (Fsp3) is 0.600. The van der Waals surface area contributed by atoms with Crippen LogP contribution in [0.4, 0.5) is 0 Å². The Bertz CT molecular complexity index is 655. The van der Waals surface area contributed by atoms with Crippen molar-refractivity contribution in [3.63, 3.8) is 0 Å². The van der Waals surface area contributed by atoms with Gasteiger partial charge in [0.1, 0.15) is 0 Å². The van der Waals surface area contributed by atoms with E-state index in [0.29, 0.717) is 64.3 Å². The number of nitrogens with two attached hydrogens (primary N) is 1. The molecule has 2 N–H and O–H groups in total. The summed E-state index contributed by atoms with van der Waals surface area (Å²) in [4.78, 5) is 29.7. The van der Waals surface area contributed by atoms with E-state index in [9.17, 15) is 9.59 Å². The number of hydrogen-bond acceptors (Lipinski definition) is 4. The van der Waals surface area contributed by atoms with Crippen LogP contribution in [0.1, 0.15) is 35.2 Å². The van der Waals surface area contributed by atoms with Crippen LogP contribution < -0.4 is 5.73 Å². The highest BCUT2D eigenvalue weighted by atomic mass is 16.5. The van der Waals surface area contributed by atoms with Gasteiger partial charge in [0, 0.05) is 51.5 Å². The Balaban J connectivity index is 1.66. The molecule has 6 nitrogen and oxygen atoms in total. The Morgan fingerprint density at radius 3 is 2.50 bits per heavy atom. The van der Waals surface area contributed by atoms with Crippen LogP contribution in [0.2, 0.25) is 0 Å². The summed E-state index contributed by atoms with van der Waals surface area (Å²) in [5.41, 5.74) is 7.28. The standard InChI is InChI=1S/C20H29N3O3/c1-16-4-2-5-17(14-16)18(24)22-8-3-9-23(11-10-22)19(25)20(15-21)6-12-26-13-7-20/h2,4-5,14H,3,6-13,15,21H2,1H3. The molecule has 2 aliphatic heterocycles. The van der Waals surface area contributed by atoms with E-state index in [4.69, 9.17) is 10.5 Å². The molecule has 0 aromatic heterocycles. The fourth-order valence-electron chi connectivity index (χ4n) is 3.89. The summed E-state index contributed by atoms with van der Waals surface area (Å²) < 4.78 is 5.42. The van der Waals surface area contributed by atoms with Crippen molar-refractivity contribution in [3.8, 4) is 0 Å². The molecule has 2 amide bonds. The minimum absolute atomic E-state index is 0.0441. The van der Waals surface area contributed by atoms with E-state index in [0.717, 1.165) is 12.0 Å². The number of hydrogen-bond donors (Lipinski definition) is 1. The molecule has 2 aliphatic rings. The van der Waals surface area contributed by atoms with Crippen molar-refractivity contribution < 1.29 is 14.3 Å². The first kappa shape index (κ1) is 18.9. The maximum Gasteiger partial charge on any atom is 0.253 e. The highest BCUT2D eigenvalue weighted by Gasteiger charge is 2.41. The van der Waals surface area contributed by atoms with Crippen molar-refractivity contribution >= 4 is 11.8 Å². The molecular weight excluding hydrogens is 330 g/mol. The van der Waals surface area contributed by atoms with E-state index in [1.807, 2.05) is 41.0 Å². The zero-order chi connectivity index (χ0) is 18.6. The number of aryl methyl sites for hydroxylation is 1. The second-order valence-corrected chi connectivity index (χ2v) is 7.40. The second kappa shape index (κ2) is 8.18. The van der Waals surface area contributed by atoms with E-state index >= 15 is 0 Å². The lowest BCUT2D eigenvalue weighted by molar-refractivity contribution is -0.147. The van der Waals surface area contributed by atoms with E-state index < -0.39 is 5.41 Å². The van der Waals surface area contributed by atoms with Crippen LogP contribution in [0.3, 0.4) is 0 Å². The zero-order valence-corrected chi connectivity index (χ0v) is 15.6. The second-order valence-electron chi connectivity index (χ2n) is 7.40. The topological polar surface area (TPSA) is 75.9 Å². The number of rotatable bonds is 3. The molecule has 2 heterocycles. The van der Waals surface area contributed by atoms with E-state index in [1.165, 1.54) is 0 Å². The van der Waals surface area contributed by atoms with Crippen molar-refractivity contribution in [2.75, 3.05) is 45.9 Å². The van der Waals surface area contributed by atoms with Crippen LogP contribution in [0, 0.1) is 12.3 Å². The third-order valence-electron chi connectivity index (χ3n) is 5.63. The zero-order valence-electron chi connectivity index (χ0n) is 15.6. The molecule has 0 spiro atoms. The normalized spacial score (nSPS) is 20.5. The van der Waals surface area contributed by atoms with E-state index in [2.05, 4.69) is 0 Å². The Labute approximate surface area is 155 Å². The molecule has 2 saturated heterocycles. The molecule has 26 heavy (non-hydrogen) atoms. The molecule has 1 aromatic rings. The van der Waals surface area contributed by atoms with Crippen molar-refractivity contribution in [2.24, 2.45) is 11.1 Å². The Kier molecular flexibility index (Phi) is 5.94. The van der Waals surface area contributed by atoms with Gasteiger partial charge in [-0.15, -0.1) is 0 Å². The van der Waals surface area contributed by atoms with Gasteiger partial charge in [0.25, 0.3) is 5.91 Å². The molecule has 1 aromatic carbocycles. The number of amides is 2. The Hall–Kier alpha value is -1.92. The molecule has 142 valence electrons. The first-order valence-electron chi connectivity index (χ1n) is 9.49. The summed E-state index contributed by atoms with van der Waals surface area (Å²) >= 11 is 0. The van der Waals surface area contributed by atoms with Gasteiger partial charge >= 0.3 is 0 Å². The Morgan fingerprint density at radius 1 is 1.12 bits per heavy atom. The molecular formula is C20H29N3O3. The number of carbonyl (C=O) groups is 2. The number of carbonyl (C=O) groups excluding carboxylic acids is 2. The van der Waals surface area contributed by atoms with Gasteiger partial charge in [0.2, 0.25) is 5.91 Å². The third-order valence-corrected chi connectivity index (χ3v) is 5.63. The minimum Gasteiger partial charge on any atom is -0.381 e. The number of ether oxygens (including phenoxy) is 1. The Morgan fingerprint density at radius 2 is 1.81 bits per heavy atom. The maximum atomic E-state index is 13.1. The molecule has 6 heteroatoms. The minimum atomic E-state index is -0.492. The van der Waals surface area contributed by atoms with Crippen LogP contribution in [-0.2, 0) is 9.53 Å². The average molecular weight is 359 g/mol. The lowest BCUT2D eigenvalue weighted by Gasteiger charge is -2.38. The van der Waals surface area contributed by atoms with Gasteiger partial charge in [0.15, 0.2) is 0 Å². The molecule has 0 bridgehead atoms. The third kappa shape index (κ3) is 3.91. The van der Waals surface area contributed by atoms with Crippen molar-refractivity contribution in [1.82, 2.24) is 9.80 Å². The molecule has 0 saturated carbocycles. The first-order valence-corrected chi connectivity index (χ1v) is 9.49. The molecule has 0 radical (unpaired) electrons. The van der Waals surface area contributed by atoms with E-state index in [1.54, 1.807) is 0 Å². The summed E-state index contributed by atoms with van der Waals surface area (Å²) in [7, 11) is 0. The van der Waals surface area contributed by atoms with E-state index in [-0.39, 0.29) is 11.8 Å². The van der Waals surface area contributed by atoms with Crippen molar-refractivity contribution in [2.45, 2.75) is 26.2 Å². The average Bonchev–Trinajstić information content (AvgIpc) is 2.93. The largest absolute Gasteiger partial charge is 0.381 e. The fourth-order valence-corrected chi connectivity index (χ4v) is 3.89. The highest BCUT2D eigenvalue weighted by Crippen LogP contribution is 2.32. The van der Waals surface area contributed by atoms with Gasteiger partial charge < -0.3 is 20.3 Å². The highest BCUT2D eigenvalue weighted by molar-refractivity contribution is 5.94. The SMILES string of the molecule is Cc1cccc(C(=O)N2CCCN(C(=O)C3(CN)CCOCC3)CC2)c1. The smallest absolute Gasteiger partial charge is 0.253 e. The van der Waals surface area contributed by atoms with Crippen LogP contribution in [0.5, 0.6) is 0 Å². The number of benzene rings is 1. The first-order chi connectivity index (χ1) is 12.6. The van der Waals surface area contributed by atoms with Crippen molar-refractivity contribution in [1.29, 1.82) is 0 Å². The van der Waals surface area contributed by atoms with Gasteiger partial charge in [0.05, 0.1) is 5.41 Å². The predicted octanol–water partition coefficient (Wildman–Crippen LogP) is 1.43. The van der Waals surface area contributed by atoms with Gasteiger partial charge in [-0.2, -0.15) is 0 Å². The van der Waals surface area contributed by atoms with Crippen LogP contribution in [0.25, 0.3) is 0 Å². The summed E-state index contributed by atoms with van der Waals surface area (Å²) in [5, 5.41) is 0. The van der Waals surface area contributed by atoms with Gasteiger partial charge in [-0.25, -0.2) is 0 Å². The van der Waals surface area contributed by atoms with Crippen LogP contribution in [-0.4, -0.2) is 67.6 Å². The van der Waals surface area contributed by atoms with Crippen LogP contribution in [0.15, 0.2) is 24.3 Å². The monoisotopic (exact) mass is 359 g/mol. The molecule has 2 fully saturated rings. The molecule has 0 atom stereocenters. The summed E-state index contributed by atoms with van der Waals surface area (Å²) in [6.07, 6.45) is 2.16. The van der Waals surface area contributed by atoms with Gasteiger partial charge in [-0.05, 0) is 38.3 Å². The molecule has 3 rings (SSSR count). The molecule has 0 aliphatic carbocycles. The van der Waals surface area contributed by atoms with Gasteiger partial charge in [-0.1, -0.05) is 17.7 Å². The van der Waals surface area contributed by atoms with Gasteiger partial charge in [-0.3, -0.25) is 9.59 Å². The predicted molar refractivity (Wildman–Crippen MR) is 99.8 cm³/mol. The summed E-state index contributed by atoms with van der Waals surface area (Å²) in [5.74, 6) is 0.177. The maximum absolute atomic E-state index is 13.1. The summed E-state index contributed by atoms with van der Waals surface area (Å²) in [6.45, 7) is 6.02. The quantitative estimate of drug-likeness (QED) is 0.886. The number of nitrogens with zero attached hydrogens (tertiary/aromatic N) is 2.